The van der Waals surface area contributed by atoms with Crippen molar-refractivity contribution in [3.05, 3.63) is 95.6 Å². The lowest BCUT2D eigenvalue weighted by atomic mass is 9.85. The maximum Gasteiger partial charge on any atom is 0.339 e. The molecule has 214 valence electrons. The Morgan fingerprint density at radius 1 is 0.925 bits per heavy atom. The summed E-state index contributed by atoms with van der Waals surface area (Å²) in [5, 5.41) is 23.7. The van der Waals surface area contributed by atoms with Crippen LogP contribution in [-0.4, -0.2) is 42.0 Å². The van der Waals surface area contributed by atoms with Crippen LogP contribution >= 0.6 is 0 Å². The van der Waals surface area contributed by atoms with Gasteiger partial charge in [0, 0.05) is 5.39 Å². The number of benzene rings is 3. The van der Waals surface area contributed by atoms with E-state index in [4.69, 9.17) is 20.1 Å². The molecule has 0 aliphatic rings. The molecule has 0 saturated carbocycles. The number of sulfonamides is 1. The van der Waals surface area contributed by atoms with Crippen molar-refractivity contribution in [2.45, 2.75) is 37.6 Å². The molecule has 0 saturated heterocycles. The van der Waals surface area contributed by atoms with Gasteiger partial charge >= 0.3 is 5.97 Å². The van der Waals surface area contributed by atoms with Crippen molar-refractivity contribution in [1.29, 1.82) is 0 Å². The summed E-state index contributed by atoms with van der Waals surface area (Å²) in [7, 11) is -2.70. The van der Waals surface area contributed by atoms with Crippen LogP contribution in [-0.2, 0) is 22.0 Å². The summed E-state index contributed by atoms with van der Waals surface area (Å²) < 4.78 is 34.2. The number of fused-ring (bicyclic) bond motifs is 1. The van der Waals surface area contributed by atoms with Gasteiger partial charge in [-0.1, -0.05) is 69.3 Å². The lowest BCUT2D eigenvalue weighted by Gasteiger charge is -2.27. The Morgan fingerprint density at radius 3 is 2.05 bits per heavy atom. The molecule has 4 rings (SSSR count). The molecule has 0 radical (unpaired) electrons. The first-order valence-electron chi connectivity index (χ1n) is 11.9. The standard InChI is InChI=1S/C28H28N2O5S.2H3NO/c1-28(2,3)24-12-8-11-20-17-23(27(31)32)26(29-25(20)24)30(18-19-9-6-5-7-10-19)36(33,34)22-15-13-21(35-4)14-16-22;2*1-2/h5-17H,18H2,1-4H3,(H,31,32);2*2H,1H2. The largest absolute Gasteiger partial charge is 0.497 e. The van der Waals surface area contributed by atoms with E-state index >= 15 is 0 Å². The number of carboxylic acid groups (broad SMARTS) is 1. The Labute approximate surface area is 233 Å². The zero-order chi connectivity index (χ0) is 30.1. The zero-order valence-electron chi connectivity index (χ0n) is 22.6. The van der Waals surface area contributed by atoms with Gasteiger partial charge in [-0.3, -0.25) is 0 Å². The second kappa shape index (κ2) is 13.8. The van der Waals surface area contributed by atoms with Crippen molar-refractivity contribution in [1.82, 2.24) is 4.98 Å². The third-order valence-corrected chi connectivity index (χ3v) is 7.67. The van der Waals surface area contributed by atoms with E-state index in [9.17, 15) is 18.3 Å². The van der Waals surface area contributed by atoms with E-state index in [1.54, 1.807) is 42.5 Å². The molecule has 0 bridgehead atoms. The van der Waals surface area contributed by atoms with Crippen molar-refractivity contribution in [2.24, 2.45) is 11.8 Å². The van der Waals surface area contributed by atoms with E-state index in [-0.39, 0.29) is 28.2 Å². The van der Waals surface area contributed by atoms with Gasteiger partial charge in [0.1, 0.15) is 11.3 Å². The summed E-state index contributed by atoms with van der Waals surface area (Å²) in [6, 6.07) is 22.1. The van der Waals surface area contributed by atoms with Gasteiger partial charge in [0.2, 0.25) is 0 Å². The fraction of sp³-hybridized carbons (Fsp3) is 0.214. The fourth-order valence-electron chi connectivity index (χ4n) is 4.04. The number of hydrogen-bond donors (Lipinski definition) is 5. The van der Waals surface area contributed by atoms with Gasteiger partial charge in [0.25, 0.3) is 10.0 Å². The quantitative estimate of drug-likeness (QED) is 0.200. The molecule has 0 aliphatic heterocycles. The van der Waals surface area contributed by atoms with E-state index in [1.807, 2.05) is 39.0 Å². The van der Waals surface area contributed by atoms with Crippen LogP contribution in [0.25, 0.3) is 10.9 Å². The van der Waals surface area contributed by atoms with E-state index < -0.39 is 16.0 Å². The van der Waals surface area contributed by atoms with Gasteiger partial charge in [0.05, 0.1) is 24.1 Å². The molecule has 7 N–H and O–H groups in total. The van der Waals surface area contributed by atoms with Crippen LogP contribution in [0.15, 0.2) is 83.8 Å². The first-order chi connectivity index (χ1) is 19.0. The number of para-hydroxylation sites is 1. The number of carbonyl (C=O) groups is 1. The Balaban J connectivity index is 0.00000134. The first kappa shape index (κ1) is 32.1. The van der Waals surface area contributed by atoms with Gasteiger partial charge in [-0.15, -0.1) is 0 Å². The number of pyridine rings is 1. The highest BCUT2D eigenvalue weighted by molar-refractivity contribution is 7.92. The number of aromatic carboxylic acids is 1. The minimum atomic E-state index is -4.20. The number of ether oxygens (including phenoxy) is 1. The van der Waals surface area contributed by atoms with Crippen molar-refractivity contribution >= 4 is 32.7 Å². The molecule has 0 spiro atoms. The SMILES string of the molecule is COc1ccc(S(=O)(=O)N(Cc2ccccc2)c2nc3c(C(C)(C)C)cccc3cc2C(=O)O)cc1.NO.NO. The molecular weight excluding hydrogens is 536 g/mol. The van der Waals surface area contributed by atoms with Crippen LogP contribution < -0.4 is 20.8 Å². The van der Waals surface area contributed by atoms with E-state index in [1.165, 1.54) is 25.3 Å². The number of nitrogens with two attached hydrogens (primary N) is 2. The Kier molecular flexibility index (Phi) is 11.1. The molecule has 0 amide bonds. The molecule has 0 unspecified atom stereocenters. The van der Waals surface area contributed by atoms with Crippen LogP contribution in [0.3, 0.4) is 0 Å². The number of nitrogens with zero attached hydrogens (tertiary/aromatic N) is 2. The smallest absolute Gasteiger partial charge is 0.339 e. The zero-order valence-corrected chi connectivity index (χ0v) is 23.5. The summed E-state index contributed by atoms with van der Waals surface area (Å²) in [5.41, 5.74) is 1.65. The monoisotopic (exact) mass is 570 g/mol. The van der Waals surface area contributed by atoms with Gasteiger partial charge in [0.15, 0.2) is 5.82 Å². The Hall–Kier alpha value is -4.07. The Morgan fingerprint density at radius 2 is 1.52 bits per heavy atom. The van der Waals surface area contributed by atoms with Crippen molar-refractivity contribution in [2.75, 3.05) is 11.4 Å². The molecule has 12 heteroatoms. The molecule has 0 aliphatic carbocycles. The van der Waals surface area contributed by atoms with Gasteiger partial charge in [-0.05, 0) is 46.9 Å². The average Bonchev–Trinajstić information content (AvgIpc) is 2.97. The number of hydrogen-bond acceptors (Lipinski definition) is 9. The maximum absolute atomic E-state index is 14.0. The minimum Gasteiger partial charge on any atom is -0.497 e. The normalized spacial score (nSPS) is 11.0. The van der Waals surface area contributed by atoms with Crippen LogP contribution in [0.5, 0.6) is 5.75 Å². The topological polar surface area (TPSA) is 189 Å². The van der Waals surface area contributed by atoms with Crippen LogP contribution in [0, 0.1) is 0 Å². The average molecular weight is 571 g/mol. The number of methoxy groups -OCH3 is 1. The van der Waals surface area contributed by atoms with Crippen molar-refractivity contribution in [3.63, 3.8) is 0 Å². The van der Waals surface area contributed by atoms with Crippen LogP contribution in [0.2, 0.25) is 0 Å². The summed E-state index contributed by atoms with van der Waals surface area (Å²) in [5.74, 6) is 6.11. The van der Waals surface area contributed by atoms with E-state index in [0.717, 1.165) is 9.87 Å². The molecular formula is C28H34N4O7S. The van der Waals surface area contributed by atoms with E-state index in [2.05, 4.69) is 11.8 Å². The molecule has 1 aromatic heterocycles. The molecule has 40 heavy (non-hydrogen) atoms. The highest BCUT2D eigenvalue weighted by Gasteiger charge is 2.31. The summed E-state index contributed by atoms with van der Waals surface area (Å²) in [4.78, 5) is 17.1. The highest BCUT2D eigenvalue weighted by Crippen LogP contribution is 2.35. The molecule has 11 nitrogen and oxygen atoms in total. The number of aromatic nitrogens is 1. The predicted molar refractivity (Wildman–Crippen MR) is 152 cm³/mol. The fourth-order valence-corrected chi connectivity index (χ4v) is 5.46. The highest BCUT2D eigenvalue weighted by atomic mass is 32.2. The minimum absolute atomic E-state index is 0.00146. The summed E-state index contributed by atoms with van der Waals surface area (Å²) in [6.45, 7) is 6.00. The van der Waals surface area contributed by atoms with E-state index in [0.29, 0.717) is 22.2 Å². The molecule has 0 fully saturated rings. The van der Waals surface area contributed by atoms with Crippen molar-refractivity contribution in [3.8, 4) is 5.75 Å². The maximum atomic E-state index is 14.0. The van der Waals surface area contributed by atoms with Crippen LogP contribution in [0.4, 0.5) is 5.82 Å². The van der Waals surface area contributed by atoms with Gasteiger partial charge in [-0.25, -0.2) is 34.3 Å². The van der Waals surface area contributed by atoms with Gasteiger partial charge < -0.3 is 20.3 Å². The van der Waals surface area contributed by atoms with Gasteiger partial charge in [-0.2, -0.15) is 0 Å². The number of carboxylic acids is 1. The van der Waals surface area contributed by atoms with Crippen LogP contribution in [0.1, 0.15) is 42.3 Å². The molecule has 1 heterocycles. The van der Waals surface area contributed by atoms with Crippen molar-refractivity contribution < 1.29 is 33.5 Å². The molecule has 0 atom stereocenters. The second-order valence-corrected chi connectivity index (χ2v) is 11.3. The predicted octanol–water partition coefficient (Wildman–Crippen LogP) is 4.30. The summed E-state index contributed by atoms with van der Waals surface area (Å²) in [6.07, 6.45) is 0. The lowest BCUT2D eigenvalue weighted by molar-refractivity contribution is 0.0697. The summed E-state index contributed by atoms with van der Waals surface area (Å²) >= 11 is 0. The molecule has 3 aromatic carbocycles. The number of rotatable bonds is 7. The second-order valence-electron chi connectivity index (χ2n) is 9.46. The first-order valence-corrected chi connectivity index (χ1v) is 13.4. The number of anilines is 1. The lowest BCUT2D eigenvalue weighted by Crippen LogP contribution is -2.33. The third-order valence-electron chi connectivity index (χ3n) is 5.92. The Bertz CT molecular complexity index is 1520. The molecule has 4 aromatic rings. The third kappa shape index (κ3) is 7.11.